The molecule has 0 N–H and O–H groups in total. The molecule has 0 fully saturated rings. The van der Waals surface area contributed by atoms with E-state index in [1.165, 1.54) is 4.68 Å². The van der Waals surface area contributed by atoms with Crippen LogP contribution in [0.2, 0.25) is 0 Å². The molecule has 0 aliphatic heterocycles. The molecule has 3 nitrogen and oxygen atoms in total. The summed E-state index contributed by atoms with van der Waals surface area (Å²) >= 11 is 0. The van der Waals surface area contributed by atoms with E-state index in [0.717, 1.165) is 5.69 Å². The highest BCUT2D eigenvalue weighted by Gasteiger charge is 2.18. The van der Waals surface area contributed by atoms with Gasteiger partial charge in [-0.15, -0.1) is 5.10 Å². The summed E-state index contributed by atoms with van der Waals surface area (Å²) in [6.45, 7) is 5.50. The Morgan fingerprint density at radius 3 is 2.46 bits per heavy atom. The lowest BCUT2D eigenvalue weighted by Crippen LogP contribution is -2.11. The minimum absolute atomic E-state index is 0.139. The summed E-state index contributed by atoms with van der Waals surface area (Å²) in [7, 11) is 0. The van der Waals surface area contributed by atoms with Crippen molar-refractivity contribution in [2.24, 2.45) is 0 Å². The van der Waals surface area contributed by atoms with Gasteiger partial charge in [0.15, 0.2) is 0 Å². The Morgan fingerprint density at radius 2 is 2.08 bits per heavy atom. The zero-order valence-corrected chi connectivity index (χ0v) is 7.96. The molecule has 0 radical (unpaired) electrons. The summed E-state index contributed by atoms with van der Waals surface area (Å²) < 4.78 is 25.0. The van der Waals surface area contributed by atoms with Crippen LogP contribution in [0.15, 0.2) is 6.20 Å². The van der Waals surface area contributed by atoms with Crippen LogP contribution >= 0.6 is 0 Å². The predicted octanol–water partition coefficient (Wildman–Crippen LogP) is 1.84. The number of halogens is 2. The van der Waals surface area contributed by atoms with E-state index in [-0.39, 0.29) is 12.0 Å². The Morgan fingerprint density at radius 1 is 1.46 bits per heavy atom. The van der Waals surface area contributed by atoms with Gasteiger partial charge in [-0.3, -0.25) is 0 Å². The summed E-state index contributed by atoms with van der Waals surface area (Å²) in [6.07, 6.45) is -0.818. The predicted molar refractivity (Wildman–Crippen MR) is 44.7 cm³/mol. The fourth-order valence-corrected chi connectivity index (χ4v) is 0.873. The Kier molecular flexibility index (Phi) is 2.63. The van der Waals surface area contributed by atoms with Crippen molar-refractivity contribution in [3.63, 3.8) is 0 Å². The van der Waals surface area contributed by atoms with Gasteiger partial charge in [-0.1, -0.05) is 26.0 Å². The second kappa shape index (κ2) is 3.40. The maximum absolute atomic E-state index is 11.9. The maximum Gasteiger partial charge on any atom is 0.257 e. The van der Waals surface area contributed by atoms with Gasteiger partial charge in [0.05, 0.1) is 5.69 Å². The van der Waals surface area contributed by atoms with Crippen molar-refractivity contribution in [3.05, 3.63) is 11.9 Å². The molecule has 0 atom stereocenters. The monoisotopic (exact) mass is 189 g/mol. The molecule has 74 valence electrons. The average Bonchev–Trinajstić information content (AvgIpc) is 2.32. The van der Waals surface area contributed by atoms with Gasteiger partial charge >= 0.3 is 0 Å². The molecule has 0 saturated heterocycles. The van der Waals surface area contributed by atoms with Crippen LogP contribution in [-0.2, 0) is 12.0 Å². The van der Waals surface area contributed by atoms with Gasteiger partial charge < -0.3 is 0 Å². The molecule has 0 aromatic carbocycles. The molecular weight excluding hydrogens is 176 g/mol. The van der Waals surface area contributed by atoms with Crippen molar-refractivity contribution in [3.8, 4) is 0 Å². The van der Waals surface area contributed by atoms with E-state index < -0.39 is 6.43 Å². The highest BCUT2D eigenvalue weighted by atomic mass is 19.3. The zero-order chi connectivity index (χ0) is 10.1. The summed E-state index contributed by atoms with van der Waals surface area (Å²) in [4.78, 5) is 0. The Balaban J connectivity index is 2.75. The molecule has 0 unspecified atom stereocenters. The SMILES string of the molecule is CC(C)(C)c1cn(CC(F)F)nn1. The van der Waals surface area contributed by atoms with Crippen molar-refractivity contribution < 1.29 is 8.78 Å². The second-order valence-corrected chi connectivity index (χ2v) is 3.97. The summed E-state index contributed by atoms with van der Waals surface area (Å²) in [5.74, 6) is 0. The minimum Gasteiger partial charge on any atom is -0.247 e. The quantitative estimate of drug-likeness (QED) is 0.710. The molecule has 13 heavy (non-hydrogen) atoms. The van der Waals surface area contributed by atoms with Gasteiger partial charge in [-0.05, 0) is 0 Å². The third kappa shape index (κ3) is 2.75. The molecule has 0 spiro atoms. The molecule has 1 aromatic heterocycles. The van der Waals surface area contributed by atoms with Crippen LogP contribution in [0, 0.1) is 0 Å². The van der Waals surface area contributed by atoms with Crippen molar-refractivity contribution in [2.45, 2.75) is 39.2 Å². The van der Waals surface area contributed by atoms with E-state index >= 15 is 0 Å². The van der Waals surface area contributed by atoms with Crippen LogP contribution in [0.5, 0.6) is 0 Å². The molecule has 1 aromatic rings. The van der Waals surface area contributed by atoms with Crippen molar-refractivity contribution in [1.29, 1.82) is 0 Å². The first-order chi connectivity index (χ1) is 5.89. The van der Waals surface area contributed by atoms with Crippen LogP contribution < -0.4 is 0 Å². The molecule has 1 rings (SSSR count). The fraction of sp³-hybridized carbons (Fsp3) is 0.750. The van der Waals surface area contributed by atoms with Gasteiger partial charge in [0.25, 0.3) is 6.43 Å². The van der Waals surface area contributed by atoms with Crippen LogP contribution in [0.25, 0.3) is 0 Å². The summed E-state index contributed by atoms with van der Waals surface area (Å²) in [6, 6.07) is 0. The number of aromatic nitrogens is 3. The van der Waals surface area contributed by atoms with E-state index in [9.17, 15) is 8.78 Å². The smallest absolute Gasteiger partial charge is 0.247 e. The summed E-state index contributed by atoms with van der Waals surface area (Å²) in [5, 5.41) is 7.43. The third-order valence-electron chi connectivity index (χ3n) is 1.63. The molecule has 0 bridgehead atoms. The Bertz CT molecular complexity index is 275. The van der Waals surface area contributed by atoms with Crippen molar-refractivity contribution in [1.82, 2.24) is 15.0 Å². The standard InChI is InChI=1S/C8H13F2N3/c1-8(2,3)6-4-13(12-11-6)5-7(9)10/h4,7H,5H2,1-3H3. The van der Waals surface area contributed by atoms with Gasteiger partial charge in [-0.25, -0.2) is 13.5 Å². The normalized spacial score (nSPS) is 12.5. The Labute approximate surface area is 75.7 Å². The number of hydrogen-bond donors (Lipinski definition) is 0. The van der Waals surface area contributed by atoms with Crippen LogP contribution in [0.3, 0.4) is 0 Å². The number of rotatable bonds is 2. The fourth-order valence-electron chi connectivity index (χ4n) is 0.873. The first-order valence-electron chi connectivity index (χ1n) is 4.08. The van der Waals surface area contributed by atoms with E-state index in [1.807, 2.05) is 20.8 Å². The van der Waals surface area contributed by atoms with Gasteiger partial charge in [0.1, 0.15) is 6.54 Å². The summed E-state index contributed by atoms with van der Waals surface area (Å²) in [5.41, 5.74) is 0.591. The molecule has 0 saturated carbocycles. The topological polar surface area (TPSA) is 30.7 Å². The molecule has 1 heterocycles. The van der Waals surface area contributed by atoms with Gasteiger partial charge in [-0.2, -0.15) is 0 Å². The lowest BCUT2D eigenvalue weighted by molar-refractivity contribution is 0.121. The van der Waals surface area contributed by atoms with E-state index in [0.29, 0.717) is 0 Å². The number of alkyl halides is 2. The number of hydrogen-bond acceptors (Lipinski definition) is 2. The highest BCUT2D eigenvalue weighted by Crippen LogP contribution is 2.18. The van der Waals surface area contributed by atoms with E-state index in [2.05, 4.69) is 10.3 Å². The first kappa shape index (κ1) is 10.1. The maximum atomic E-state index is 11.9. The average molecular weight is 189 g/mol. The molecule has 5 heteroatoms. The van der Waals surface area contributed by atoms with E-state index in [1.54, 1.807) is 6.20 Å². The number of nitrogens with zero attached hydrogens (tertiary/aromatic N) is 3. The second-order valence-electron chi connectivity index (χ2n) is 3.97. The lowest BCUT2D eigenvalue weighted by Gasteiger charge is -2.12. The Hall–Kier alpha value is -1.00. The van der Waals surface area contributed by atoms with Crippen LogP contribution in [-0.4, -0.2) is 21.4 Å². The van der Waals surface area contributed by atoms with E-state index in [4.69, 9.17) is 0 Å². The first-order valence-corrected chi connectivity index (χ1v) is 4.08. The van der Waals surface area contributed by atoms with Crippen molar-refractivity contribution >= 4 is 0 Å². The molecule has 0 aliphatic rings. The highest BCUT2D eigenvalue weighted by molar-refractivity contribution is 5.06. The lowest BCUT2D eigenvalue weighted by atomic mass is 9.93. The zero-order valence-electron chi connectivity index (χ0n) is 7.96. The molecule has 0 amide bonds. The molecular formula is C8H13F2N3. The molecule has 0 aliphatic carbocycles. The van der Waals surface area contributed by atoms with Crippen LogP contribution in [0.1, 0.15) is 26.5 Å². The minimum atomic E-state index is -2.38. The van der Waals surface area contributed by atoms with Crippen molar-refractivity contribution in [2.75, 3.05) is 0 Å². The van der Waals surface area contributed by atoms with Gasteiger partial charge in [0.2, 0.25) is 0 Å². The van der Waals surface area contributed by atoms with Gasteiger partial charge in [0, 0.05) is 11.6 Å². The largest absolute Gasteiger partial charge is 0.257 e. The van der Waals surface area contributed by atoms with Crippen LogP contribution in [0.4, 0.5) is 8.78 Å². The third-order valence-corrected chi connectivity index (χ3v) is 1.63.